The fourth-order valence-corrected chi connectivity index (χ4v) is 1.96. The van der Waals surface area contributed by atoms with Gasteiger partial charge < -0.3 is 9.84 Å². The van der Waals surface area contributed by atoms with Crippen molar-refractivity contribution in [2.24, 2.45) is 5.92 Å². The highest BCUT2D eigenvalue weighted by Gasteiger charge is 2.11. The van der Waals surface area contributed by atoms with Crippen LogP contribution in [0.1, 0.15) is 44.4 Å². The number of aliphatic hydroxyl groups excluding tert-OH is 1. The second-order valence-electron chi connectivity index (χ2n) is 5.20. The number of rotatable bonds is 6. The highest BCUT2D eigenvalue weighted by atomic mass is 16.5. The molecule has 17 heavy (non-hydrogen) atoms. The van der Waals surface area contributed by atoms with Gasteiger partial charge in [-0.05, 0) is 31.7 Å². The van der Waals surface area contributed by atoms with Crippen LogP contribution in [0.2, 0.25) is 0 Å². The van der Waals surface area contributed by atoms with Crippen LogP contribution in [0.25, 0.3) is 0 Å². The van der Waals surface area contributed by atoms with E-state index < -0.39 is 6.10 Å². The number of ether oxygens (including phenoxy) is 1. The molecule has 2 heteroatoms. The van der Waals surface area contributed by atoms with Crippen LogP contribution in [-0.4, -0.2) is 17.8 Å². The zero-order valence-electron chi connectivity index (χ0n) is 11.3. The maximum absolute atomic E-state index is 10.0. The Labute approximate surface area is 105 Å². The Morgan fingerprint density at radius 1 is 1.24 bits per heavy atom. The first-order valence-corrected chi connectivity index (χ1v) is 6.35. The standard InChI is InChI=1S/C15H24O2/c1-11(2)8-13(4)17-10-15(16)14-7-5-6-12(3)9-14/h5-7,9,11,13,15-16H,8,10H2,1-4H3. The van der Waals surface area contributed by atoms with Crippen molar-refractivity contribution in [2.45, 2.75) is 46.3 Å². The van der Waals surface area contributed by atoms with Crippen molar-refractivity contribution in [3.63, 3.8) is 0 Å². The van der Waals surface area contributed by atoms with E-state index in [1.165, 1.54) is 0 Å². The first-order valence-electron chi connectivity index (χ1n) is 6.35. The molecule has 0 aliphatic carbocycles. The van der Waals surface area contributed by atoms with Gasteiger partial charge in [0.05, 0.1) is 12.7 Å². The van der Waals surface area contributed by atoms with Crippen molar-refractivity contribution in [3.8, 4) is 0 Å². The van der Waals surface area contributed by atoms with Gasteiger partial charge in [-0.3, -0.25) is 0 Å². The lowest BCUT2D eigenvalue weighted by atomic mass is 10.1. The molecule has 0 aromatic heterocycles. The Morgan fingerprint density at radius 2 is 1.94 bits per heavy atom. The normalized spacial score (nSPS) is 14.9. The minimum atomic E-state index is -0.524. The van der Waals surface area contributed by atoms with E-state index in [0.717, 1.165) is 17.5 Å². The number of benzene rings is 1. The number of hydrogen-bond acceptors (Lipinski definition) is 2. The molecule has 2 nitrogen and oxygen atoms in total. The Balaban J connectivity index is 2.42. The van der Waals surface area contributed by atoms with Crippen molar-refractivity contribution in [1.82, 2.24) is 0 Å². The quantitative estimate of drug-likeness (QED) is 0.819. The summed E-state index contributed by atoms with van der Waals surface area (Å²) >= 11 is 0. The van der Waals surface area contributed by atoms with Gasteiger partial charge in [-0.1, -0.05) is 43.7 Å². The minimum absolute atomic E-state index is 0.203. The van der Waals surface area contributed by atoms with Gasteiger partial charge in [0.25, 0.3) is 0 Å². The molecule has 2 unspecified atom stereocenters. The highest BCUT2D eigenvalue weighted by molar-refractivity contribution is 5.23. The van der Waals surface area contributed by atoms with Crippen molar-refractivity contribution >= 4 is 0 Å². The Hall–Kier alpha value is -0.860. The summed E-state index contributed by atoms with van der Waals surface area (Å²) in [5.41, 5.74) is 2.10. The summed E-state index contributed by atoms with van der Waals surface area (Å²) in [4.78, 5) is 0. The van der Waals surface area contributed by atoms with E-state index in [2.05, 4.69) is 20.8 Å². The molecule has 0 spiro atoms. The minimum Gasteiger partial charge on any atom is -0.386 e. The molecule has 0 saturated heterocycles. The molecule has 0 aliphatic rings. The lowest BCUT2D eigenvalue weighted by Gasteiger charge is -2.18. The van der Waals surface area contributed by atoms with Crippen molar-refractivity contribution in [3.05, 3.63) is 35.4 Å². The van der Waals surface area contributed by atoms with Gasteiger partial charge in [-0.2, -0.15) is 0 Å². The van der Waals surface area contributed by atoms with Crippen LogP contribution < -0.4 is 0 Å². The van der Waals surface area contributed by atoms with Crippen LogP contribution in [0, 0.1) is 12.8 Å². The Kier molecular flexibility index (Phi) is 5.66. The van der Waals surface area contributed by atoms with Gasteiger partial charge in [0, 0.05) is 0 Å². The van der Waals surface area contributed by atoms with E-state index in [0.29, 0.717) is 12.5 Å². The summed E-state index contributed by atoms with van der Waals surface area (Å²) in [5.74, 6) is 0.626. The lowest BCUT2D eigenvalue weighted by molar-refractivity contribution is -0.0101. The van der Waals surface area contributed by atoms with Crippen LogP contribution in [0.15, 0.2) is 24.3 Å². The molecule has 0 fully saturated rings. The summed E-state index contributed by atoms with van der Waals surface area (Å²) in [6.07, 6.45) is 0.708. The van der Waals surface area contributed by atoms with E-state index >= 15 is 0 Å². The van der Waals surface area contributed by atoms with E-state index in [1.807, 2.05) is 31.2 Å². The van der Waals surface area contributed by atoms with Crippen molar-refractivity contribution in [1.29, 1.82) is 0 Å². The van der Waals surface area contributed by atoms with Gasteiger partial charge in [-0.25, -0.2) is 0 Å². The molecule has 1 aromatic carbocycles. The Bertz CT molecular complexity index is 333. The molecule has 0 heterocycles. The van der Waals surface area contributed by atoms with Crippen molar-refractivity contribution in [2.75, 3.05) is 6.61 Å². The van der Waals surface area contributed by atoms with Gasteiger partial charge in [-0.15, -0.1) is 0 Å². The smallest absolute Gasteiger partial charge is 0.102 e. The largest absolute Gasteiger partial charge is 0.386 e. The average Bonchev–Trinajstić information content (AvgIpc) is 2.25. The first-order chi connectivity index (χ1) is 7.99. The summed E-state index contributed by atoms with van der Waals surface area (Å²) in [7, 11) is 0. The zero-order chi connectivity index (χ0) is 12.8. The highest BCUT2D eigenvalue weighted by Crippen LogP contribution is 2.16. The molecule has 2 atom stereocenters. The summed E-state index contributed by atoms with van der Waals surface area (Å²) in [6.45, 7) is 8.81. The van der Waals surface area contributed by atoms with E-state index in [1.54, 1.807) is 0 Å². The summed E-state index contributed by atoms with van der Waals surface area (Å²) < 4.78 is 5.66. The predicted molar refractivity (Wildman–Crippen MR) is 71.0 cm³/mol. The number of aliphatic hydroxyl groups is 1. The van der Waals surface area contributed by atoms with E-state index in [-0.39, 0.29) is 6.10 Å². The molecule has 0 saturated carbocycles. The van der Waals surface area contributed by atoms with Crippen molar-refractivity contribution < 1.29 is 9.84 Å². The maximum Gasteiger partial charge on any atom is 0.102 e. The lowest BCUT2D eigenvalue weighted by Crippen LogP contribution is -2.16. The average molecular weight is 236 g/mol. The van der Waals surface area contributed by atoms with Gasteiger partial charge in [0.1, 0.15) is 6.10 Å². The molecule has 1 N–H and O–H groups in total. The van der Waals surface area contributed by atoms with Gasteiger partial charge in [0.15, 0.2) is 0 Å². The summed E-state index contributed by atoms with van der Waals surface area (Å²) in [6, 6.07) is 7.93. The van der Waals surface area contributed by atoms with Crippen LogP contribution in [0.4, 0.5) is 0 Å². The molecular weight excluding hydrogens is 212 g/mol. The topological polar surface area (TPSA) is 29.5 Å². The first kappa shape index (κ1) is 14.2. The zero-order valence-corrected chi connectivity index (χ0v) is 11.3. The van der Waals surface area contributed by atoms with E-state index in [4.69, 9.17) is 4.74 Å². The molecule has 96 valence electrons. The second-order valence-corrected chi connectivity index (χ2v) is 5.20. The molecule has 1 rings (SSSR count). The van der Waals surface area contributed by atoms with Gasteiger partial charge >= 0.3 is 0 Å². The fourth-order valence-electron chi connectivity index (χ4n) is 1.96. The second kappa shape index (κ2) is 6.77. The fraction of sp³-hybridized carbons (Fsp3) is 0.600. The molecule has 0 aliphatic heterocycles. The van der Waals surface area contributed by atoms with Crippen LogP contribution in [0.3, 0.4) is 0 Å². The molecule has 0 radical (unpaired) electrons. The molecule has 0 bridgehead atoms. The molecule has 1 aromatic rings. The van der Waals surface area contributed by atoms with Crippen LogP contribution >= 0.6 is 0 Å². The third-order valence-corrected chi connectivity index (χ3v) is 2.77. The van der Waals surface area contributed by atoms with Gasteiger partial charge in [0.2, 0.25) is 0 Å². The Morgan fingerprint density at radius 3 is 2.53 bits per heavy atom. The maximum atomic E-state index is 10.0. The molecule has 0 amide bonds. The number of hydrogen-bond donors (Lipinski definition) is 1. The predicted octanol–water partition coefficient (Wildman–Crippen LogP) is 3.48. The third-order valence-electron chi connectivity index (χ3n) is 2.77. The monoisotopic (exact) mass is 236 g/mol. The summed E-state index contributed by atoms with van der Waals surface area (Å²) in [5, 5.41) is 10.0. The molecular formula is C15H24O2. The number of aryl methyl sites for hydroxylation is 1. The van der Waals surface area contributed by atoms with Crippen LogP contribution in [-0.2, 0) is 4.74 Å². The SMILES string of the molecule is Cc1cccc(C(O)COC(C)CC(C)C)c1. The van der Waals surface area contributed by atoms with E-state index in [9.17, 15) is 5.11 Å². The van der Waals surface area contributed by atoms with Crippen LogP contribution in [0.5, 0.6) is 0 Å². The third kappa shape index (κ3) is 5.33.